The molecule has 0 radical (unpaired) electrons. The Balaban J connectivity index is 1.32. The highest BCUT2D eigenvalue weighted by atomic mass is 16.5. The molecule has 0 bridgehead atoms. The van der Waals surface area contributed by atoms with Crippen molar-refractivity contribution in [3.05, 3.63) is 34.9 Å². The van der Waals surface area contributed by atoms with E-state index < -0.39 is 35.5 Å². The second-order valence-electron chi connectivity index (χ2n) is 9.68. The van der Waals surface area contributed by atoms with Gasteiger partial charge in [0.15, 0.2) is 12.0 Å². The van der Waals surface area contributed by atoms with E-state index in [2.05, 4.69) is 20.6 Å². The molecule has 2 saturated heterocycles. The summed E-state index contributed by atoms with van der Waals surface area (Å²) in [7, 11) is 0. The van der Waals surface area contributed by atoms with E-state index in [0.717, 1.165) is 16.0 Å². The number of likely N-dealkylation sites (tertiary alicyclic amines) is 1. The summed E-state index contributed by atoms with van der Waals surface area (Å²) in [5.41, 5.74) is 12.6. The molecule has 14 heteroatoms. The molecular weight excluding hydrogens is 472 g/mol. The zero-order valence-electron chi connectivity index (χ0n) is 19.2. The number of benzene rings is 1. The van der Waals surface area contributed by atoms with Gasteiger partial charge in [0.25, 0.3) is 11.6 Å². The smallest absolute Gasteiger partial charge is 0.343 e. The number of carbonyl (C=O) groups excluding carboxylic acids is 3. The number of carbonyl (C=O) groups is 3. The summed E-state index contributed by atoms with van der Waals surface area (Å²) in [5.74, 6) is -3.75. The molecule has 0 aliphatic carbocycles. The predicted octanol–water partition coefficient (Wildman–Crippen LogP) is -5.28. The summed E-state index contributed by atoms with van der Waals surface area (Å²) in [5, 5.41) is 28.8. The van der Waals surface area contributed by atoms with Crippen LogP contribution in [0.1, 0.15) is 34.3 Å². The van der Waals surface area contributed by atoms with Gasteiger partial charge in [-0.15, -0.1) is 0 Å². The van der Waals surface area contributed by atoms with Crippen molar-refractivity contribution < 1.29 is 34.3 Å². The number of nitrogens with zero attached hydrogens (tertiary/aromatic N) is 3. The van der Waals surface area contributed by atoms with Crippen LogP contribution in [0.15, 0.2) is 23.2 Å². The van der Waals surface area contributed by atoms with Gasteiger partial charge < -0.3 is 26.0 Å². The molecule has 5 aliphatic heterocycles. The Morgan fingerprint density at radius 2 is 2.00 bits per heavy atom. The van der Waals surface area contributed by atoms with Crippen LogP contribution in [0.25, 0.3) is 0 Å². The van der Waals surface area contributed by atoms with Crippen LogP contribution < -0.4 is 27.1 Å². The molecule has 3 amide bonds. The molecule has 2 fully saturated rings. The van der Waals surface area contributed by atoms with E-state index in [1.54, 1.807) is 12.1 Å². The lowest BCUT2D eigenvalue weighted by molar-refractivity contribution is -0.521. The van der Waals surface area contributed by atoms with Crippen molar-refractivity contribution in [2.75, 3.05) is 13.1 Å². The molecule has 190 valence electrons. The van der Waals surface area contributed by atoms with Crippen molar-refractivity contribution in [3.63, 3.8) is 0 Å². The quantitative estimate of drug-likeness (QED) is 0.154. The van der Waals surface area contributed by atoms with Crippen molar-refractivity contribution >= 4 is 29.6 Å². The Bertz CT molecular complexity index is 1230. The minimum absolute atomic E-state index is 0.0384. The number of rotatable bonds is 4. The SMILES string of the molecule is NC1=N[C@@H](CN2C(=O)CCC2=O)[C@@H]2[NH+]=C(N)N[C@]23N1CC(NC(=O)c1cccc2c1COC2)C3(O)O. The predicted molar refractivity (Wildman–Crippen MR) is 121 cm³/mol. The van der Waals surface area contributed by atoms with Crippen molar-refractivity contribution in [1.29, 1.82) is 0 Å². The number of fused-ring (bicyclic) bond motifs is 1. The van der Waals surface area contributed by atoms with Gasteiger partial charge in [-0.2, -0.15) is 0 Å². The number of hydrogen-bond acceptors (Lipinski definition) is 11. The third-order valence-electron chi connectivity index (χ3n) is 7.73. The normalized spacial score (nSPS) is 32.0. The molecule has 4 atom stereocenters. The lowest BCUT2D eigenvalue weighted by atomic mass is 9.84. The molecule has 1 aromatic rings. The van der Waals surface area contributed by atoms with Crippen molar-refractivity contribution in [3.8, 4) is 0 Å². The van der Waals surface area contributed by atoms with Gasteiger partial charge in [0.1, 0.15) is 12.1 Å². The van der Waals surface area contributed by atoms with Crippen LogP contribution in [0.3, 0.4) is 0 Å². The van der Waals surface area contributed by atoms with E-state index in [4.69, 9.17) is 16.2 Å². The van der Waals surface area contributed by atoms with E-state index in [-0.39, 0.29) is 56.3 Å². The first-order valence-electron chi connectivity index (χ1n) is 11.7. The topological polar surface area (TPSA) is 210 Å². The summed E-state index contributed by atoms with van der Waals surface area (Å²) < 4.78 is 5.45. The monoisotopic (exact) mass is 499 g/mol. The lowest BCUT2D eigenvalue weighted by Crippen LogP contribution is -2.90. The van der Waals surface area contributed by atoms with Gasteiger partial charge in [-0.1, -0.05) is 12.1 Å². The highest BCUT2D eigenvalue weighted by Crippen LogP contribution is 2.41. The Morgan fingerprint density at radius 1 is 1.25 bits per heavy atom. The fourth-order valence-electron chi connectivity index (χ4n) is 5.99. The summed E-state index contributed by atoms with van der Waals surface area (Å²) in [6, 6.07) is 2.35. The van der Waals surface area contributed by atoms with Crippen LogP contribution in [0.4, 0.5) is 0 Å². The highest BCUT2D eigenvalue weighted by Gasteiger charge is 2.76. The average Bonchev–Trinajstić information content (AvgIpc) is 3.57. The van der Waals surface area contributed by atoms with Crippen LogP contribution in [-0.2, 0) is 27.5 Å². The van der Waals surface area contributed by atoms with Crippen LogP contribution >= 0.6 is 0 Å². The average molecular weight is 500 g/mol. The van der Waals surface area contributed by atoms with Crippen LogP contribution in [0.2, 0.25) is 0 Å². The number of nitrogens with one attached hydrogen (secondary N) is 3. The molecule has 9 N–H and O–H groups in total. The molecule has 0 aromatic heterocycles. The first kappa shape index (κ1) is 22.7. The standard InChI is InChI=1S/C22H26N8O6/c23-19-27-17-13(6-29-15(31)4-5-16(29)32)25-20(24)30-7-14(22(34,35)21(17,30)28-19)26-18(33)11-3-1-2-10-8-36-9-12(10)11/h1-3,13-14,17,34-35H,4-9H2,(H2,24,25)(H,26,33)(H3,23,27,28)/p+1/t13-,14?,17-,21-/m0/s1. The zero-order chi connectivity index (χ0) is 25.4. The summed E-state index contributed by atoms with van der Waals surface area (Å²) in [4.78, 5) is 47.7. The number of nitrogens with two attached hydrogens (primary N) is 2. The van der Waals surface area contributed by atoms with Crippen molar-refractivity contribution in [2.24, 2.45) is 16.5 Å². The molecule has 5 aliphatic rings. The molecule has 1 aromatic carbocycles. The second-order valence-corrected chi connectivity index (χ2v) is 9.68. The Labute approximate surface area is 205 Å². The fourth-order valence-corrected chi connectivity index (χ4v) is 5.99. The van der Waals surface area contributed by atoms with E-state index in [0.29, 0.717) is 12.2 Å². The minimum Gasteiger partial charge on any atom is -0.372 e. The van der Waals surface area contributed by atoms with Gasteiger partial charge >= 0.3 is 5.96 Å². The van der Waals surface area contributed by atoms with Gasteiger partial charge in [-0.05, 0) is 17.2 Å². The molecular formula is C22H27N8O6+. The summed E-state index contributed by atoms with van der Waals surface area (Å²) in [6.07, 6.45) is 0.220. The van der Waals surface area contributed by atoms with Crippen molar-refractivity contribution in [2.45, 2.75) is 55.6 Å². The number of aliphatic imine (C=N–C) groups is 1. The number of guanidine groups is 2. The Kier molecular flexibility index (Phi) is 4.81. The molecule has 36 heavy (non-hydrogen) atoms. The molecule has 5 heterocycles. The van der Waals surface area contributed by atoms with E-state index >= 15 is 0 Å². The molecule has 14 nitrogen and oxygen atoms in total. The van der Waals surface area contributed by atoms with Crippen LogP contribution in [-0.4, -0.2) is 92.3 Å². The van der Waals surface area contributed by atoms with E-state index in [9.17, 15) is 24.6 Å². The molecule has 1 spiro atoms. The molecule has 1 unspecified atom stereocenters. The molecule has 0 saturated carbocycles. The van der Waals surface area contributed by atoms with Gasteiger partial charge in [0.2, 0.25) is 17.6 Å². The maximum absolute atomic E-state index is 13.2. The van der Waals surface area contributed by atoms with E-state index in [1.165, 1.54) is 4.90 Å². The highest BCUT2D eigenvalue weighted by molar-refractivity contribution is 6.02. The first-order valence-corrected chi connectivity index (χ1v) is 11.7. The zero-order valence-corrected chi connectivity index (χ0v) is 19.2. The van der Waals surface area contributed by atoms with Gasteiger partial charge in [0.05, 0.1) is 26.3 Å². The van der Waals surface area contributed by atoms with Gasteiger partial charge in [0, 0.05) is 18.4 Å². The lowest BCUT2D eigenvalue weighted by Gasteiger charge is -2.46. The number of imide groups is 1. The first-order chi connectivity index (χ1) is 17.1. The maximum atomic E-state index is 13.2. The van der Waals surface area contributed by atoms with Crippen LogP contribution in [0, 0.1) is 0 Å². The second kappa shape index (κ2) is 7.62. The molecule has 6 rings (SSSR count). The Hall–Kier alpha value is -3.75. The fraction of sp³-hybridized carbons (Fsp3) is 0.500. The number of ether oxygens (including phenoxy) is 1. The summed E-state index contributed by atoms with van der Waals surface area (Å²) >= 11 is 0. The summed E-state index contributed by atoms with van der Waals surface area (Å²) in [6.45, 7) is 0.497. The number of hydrogen-bond donors (Lipinski definition) is 7. The number of amides is 3. The van der Waals surface area contributed by atoms with Gasteiger partial charge in [-0.3, -0.25) is 34.9 Å². The third-order valence-corrected chi connectivity index (χ3v) is 7.73. The minimum atomic E-state index is -2.59. The maximum Gasteiger partial charge on any atom is 0.343 e. The number of aliphatic hydroxyl groups is 2. The Morgan fingerprint density at radius 3 is 2.75 bits per heavy atom. The van der Waals surface area contributed by atoms with Crippen LogP contribution in [0.5, 0.6) is 0 Å². The van der Waals surface area contributed by atoms with E-state index in [1.807, 2.05) is 6.07 Å². The largest absolute Gasteiger partial charge is 0.372 e. The third kappa shape index (κ3) is 2.98. The van der Waals surface area contributed by atoms with Crippen molar-refractivity contribution in [1.82, 2.24) is 20.4 Å². The van der Waals surface area contributed by atoms with Gasteiger partial charge in [-0.25, -0.2) is 10.3 Å².